The van der Waals surface area contributed by atoms with Crippen LogP contribution in [0.3, 0.4) is 0 Å². The van der Waals surface area contributed by atoms with Gasteiger partial charge in [0.25, 0.3) is 0 Å². The summed E-state index contributed by atoms with van der Waals surface area (Å²) in [6.45, 7) is 1.75. The fourth-order valence-corrected chi connectivity index (χ4v) is 1.80. The predicted octanol–water partition coefficient (Wildman–Crippen LogP) is 3.85. The second-order valence-electron chi connectivity index (χ2n) is 4.35. The van der Waals surface area contributed by atoms with Crippen molar-refractivity contribution in [3.63, 3.8) is 0 Å². The largest absolute Gasteiger partial charge is 0.481 e. The van der Waals surface area contributed by atoms with Crippen molar-refractivity contribution >= 4 is 29.0 Å². The molecule has 1 atom stereocenters. The van der Waals surface area contributed by atoms with Gasteiger partial charge in [-0.15, -0.1) is 0 Å². The molecule has 0 saturated carbocycles. The summed E-state index contributed by atoms with van der Waals surface area (Å²) < 4.78 is 0. The third-order valence-electron chi connectivity index (χ3n) is 2.89. The van der Waals surface area contributed by atoms with Gasteiger partial charge in [-0.05, 0) is 49.2 Å². The molecule has 0 radical (unpaired) electrons. The average Bonchev–Trinajstić information content (AvgIpc) is 2.36. The van der Waals surface area contributed by atoms with Crippen molar-refractivity contribution < 1.29 is 9.90 Å². The summed E-state index contributed by atoms with van der Waals surface area (Å²) in [7, 11) is 0. The van der Waals surface area contributed by atoms with Crippen LogP contribution in [0.4, 0.5) is 5.69 Å². The standard InChI is InChI=1S/C14H17NO2S/c1-11(14(16)17)4-2-3-5-12-6-8-13(9-7-12)15-10-18/h6-9,11H,2-5H2,1H3,(H,16,17). The molecule has 96 valence electrons. The van der Waals surface area contributed by atoms with Gasteiger partial charge in [0, 0.05) is 0 Å². The highest BCUT2D eigenvalue weighted by molar-refractivity contribution is 7.78. The Morgan fingerprint density at radius 1 is 1.39 bits per heavy atom. The van der Waals surface area contributed by atoms with E-state index >= 15 is 0 Å². The maximum atomic E-state index is 10.6. The predicted molar refractivity (Wildman–Crippen MR) is 75.5 cm³/mol. The molecule has 1 N–H and O–H groups in total. The number of thiocarbonyl (C=S) groups is 1. The fraction of sp³-hybridized carbons (Fsp3) is 0.429. The molecule has 1 unspecified atom stereocenters. The van der Waals surface area contributed by atoms with Gasteiger partial charge in [0.05, 0.1) is 16.8 Å². The monoisotopic (exact) mass is 263 g/mol. The first kappa shape index (κ1) is 14.6. The van der Waals surface area contributed by atoms with Gasteiger partial charge in [-0.25, -0.2) is 0 Å². The molecule has 18 heavy (non-hydrogen) atoms. The molecule has 0 aliphatic rings. The van der Waals surface area contributed by atoms with E-state index in [0.717, 1.165) is 31.4 Å². The molecule has 0 aliphatic carbocycles. The number of carbonyl (C=O) groups is 1. The number of aliphatic imine (C=N–C) groups is 1. The third kappa shape index (κ3) is 5.21. The van der Waals surface area contributed by atoms with Crippen molar-refractivity contribution in [2.45, 2.75) is 32.6 Å². The van der Waals surface area contributed by atoms with E-state index in [2.05, 4.69) is 22.4 Å². The van der Waals surface area contributed by atoms with Crippen LogP contribution in [-0.2, 0) is 11.2 Å². The first-order valence-electron chi connectivity index (χ1n) is 6.03. The number of hydrogen-bond acceptors (Lipinski definition) is 3. The number of benzene rings is 1. The summed E-state index contributed by atoms with van der Waals surface area (Å²) in [5.74, 6) is -0.957. The number of unbranched alkanes of at least 4 members (excludes halogenated alkanes) is 1. The first-order valence-corrected chi connectivity index (χ1v) is 6.44. The van der Waals surface area contributed by atoms with Crippen LogP contribution in [0.2, 0.25) is 0 Å². The smallest absolute Gasteiger partial charge is 0.306 e. The number of hydrogen-bond donors (Lipinski definition) is 1. The van der Waals surface area contributed by atoms with Crippen LogP contribution in [0.15, 0.2) is 29.3 Å². The minimum absolute atomic E-state index is 0.246. The van der Waals surface area contributed by atoms with Gasteiger partial charge >= 0.3 is 5.97 Å². The fourth-order valence-electron chi connectivity index (χ4n) is 1.69. The zero-order valence-electron chi connectivity index (χ0n) is 10.4. The Morgan fingerprint density at radius 3 is 2.61 bits per heavy atom. The molecule has 0 aromatic heterocycles. The quantitative estimate of drug-likeness (QED) is 0.462. The van der Waals surface area contributed by atoms with E-state index in [-0.39, 0.29) is 5.92 Å². The minimum Gasteiger partial charge on any atom is -0.481 e. The third-order valence-corrected chi connectivity index (χ3v) is 2.98. The molecular formula is C14H17NO2S. The Bertz CT molecular complexity index is 436. The number of carboxylic acid groups (broad SMARTS) is 1. The summed E-state index contributed by atoms with van der Waals surface area (Å²) in [5.41, 5.74) is 2.05. The molecule has 0 aliphatic heterocycles. The van der Waals surface area contributed by atoms with Crippen molar-refractivity contribution in [3.8, 4) is 0 Å². The Balaban J connectivity index is 2.31. The van der Waals surface area contributed by atoms with Crippen LogP contribution in [0.25, 0.3) is 0 Å². The minimum atomic E-state index is -0.711. The Morgan fingerprint density at radius 2 is 2.06 bits per heavy atom. The summed E-state index contributed by atoms with van der Waals surface area (Å²) in [4.78, 5) is 14.5. The zero-order valence-corrected chi connectivity index (χ0v) is 11.2. The molecule has 1 aromatic rings. The summed E-state index contributed by atoms with van der Waals surface area (Å²) in [6, 6.07) is 7.86. The number of carboxylic acids is 1. The van der Waals surface area contributed by atoms with Gasteiger partial charge in [0.2, 0.25) is 0 Å². The number of aryl methyl sites for hydroxylation is 1. The van der Waals surface area contributed by atoms with E-state index in [9.17, 15) is 4.79 Å². The second-order valence-corrected chi connectivity index (χ2v) is 4.54. The van der Waals surface area contributed by atoms with Crippen molar-refractivity contribution in [2.24, 2.45) is 10.9 Å². The topological polar surface area (TPSA) is 49.7 Å². The molecule has 3 nitrogen and oxygen atoms in total. The Kier molecular flexibility index (Phi) is 6.26. The number of nitrogens with zero attached hydrogens (tertiary/aromatic N) is 1. The molecule has 1 aromatic carbocycles. The molecule has 4 heteroatoms. The van der Waals surface area contributed by atoms with E-state index < -0.39 is 5.97 Å². The van der Waals surface area contributed by atoms with E-state index in [1.54, 1.807) is 6.92 Å². The highest BCUT2D eigenvalue weighted by Gasteiger charge is 2.09. The van der Waals surface area contributed by atoms with Gasteiger partial charge in [-0.2, -0.15) is 4.99 Å². The highest BCUT2D eigenvalue weighted by atomic mass is 32.1. The van der Waals surface area contributed by atoms with Crippen molar-refractivity contribution in [1.29, 1.82) is 0 Å². The van der Waals surface area contributed by atoms with Gasteiger partial charge in [-0.1, -0.05) is 25.5 Å². The molecule has 0 heterocycles. The van der Waals surface area contributed by atoms with E-state index in [1.165, 1.54) is 5.56 Å². The van der Waals surface area contributed by atoms with Crippen LogP contribution >= 0.6 is 12.2 Å². The first-order chi connectivity index (χ1) is 8.63. The van der Waals surface area contributed by atoms with Gasteiger partial charge in [-0.3, -0.25) is 4.79 Å². The highest BCUT2D eigenvalue weighted by Crippen LogP contribution is 2.15. The number of aliphatic carboxylic acids is 1. The molecule has 0 saturated heterocycles. The lowest BCUT2D eigenvalue weighted by Crippen LogP contribution is -2.08. The van der Waals surface area contributed by atoms with E-state index in [0.29, 0.717) is 0 Å². The van der Waals surface area contributed by atoms with Crippen LogP contribution in [0.1, 0.15) is 31.7 Å². The summed E-state index contributed by atoms with van der Waals surface area (Å²) in [6.07, 6.45) is 3.65. The SMILES string of the molecule is CC(CCCCc1ccc(N=C=S)cc1)C(=O)O. The number of rotatable bonds is 7. The number of isothiocyanates is 1. The van der Waals surface area contributed by atoms with Crippen molar-refractivity contribution in [1.82, 2.24) is 0 Å². The molecule has 0 amide bonds. The average molecular weight is 263 g/mol. The Hall–Kier alpha value is -1.51. The maximum Gasteiger partial charge on any atom is 0.306 e. The molecule has 0 spiro atoms. The van der Waals surface area contributed by atoms with Crippen LogP contribution < -0.4 is 0 Å². The van der Waals surface area contributed by atoms with Crippen LogP contribution in [0, 0.1) is 5.92 Å². The summed E-state index contributed by atoms with van der Waals surface area (Å²) in [5, 5.41) is 11.1. The molecular weight excluding hydrogens is 246 g/mol. The molecule has 1 rings (SSSR count). The van der Waals surface area contributed by atoms with Gasteiger partial charge in [0.15, 0.2) is 0 Å². The Labute approximate surface area is 113 Å². The van der Waals surface area contributed by atoms with Crippen molar-refractivity contribution in [3.05, 3.63) is 29.8 Å². The maximum absolute atomic E-state index is 10.6. The van der Waals surface area contributed by atoms with Gasteiger partial charge in [0.1, 0.15) is 0 Å². The lowest BCUT2D eigenvalue weighted by molar-refractivity contribution is -0.141. The van der Waals surface area contributed by atoms with Crippen LogP contribution in [0.5, 0.6) is 0 Å². The summed E-state index contributed by atoms with van der Waals surface area (Å²) >= 11 is 4.53. The van der Waals surface area contributed by atoms with E-state index in [1.807, 2.05) is 24.3 Å². The molecule has 0 fully saturated rings. The lowest BCUT2D eigenvalue weighted by atomic mass is 10.0. The normalized spacial score (nSPS) is 11.6. The van der Waals surface area contributed by atoms with Crippen LogP contribution in [-0.4, -0.2) is 16.2 Å². The van der Waals surface area contributed by atoms with E-state index in [4.69, 9.17) is 5.11 Å². The lowest BCUT2D eigenvalue weighted by Gasteiger charge is -2.05. The van der Waals surface area contributed by atoms with Gasteiger partial charge < -0.3 is 5.11 Å². The zero-order chi connectivity index (χ0) is 13.4. The molecule has 0 bridgehead atoms. The van der Waals surface area contributed by atoms with Crippen molar-refractivity contribution in [2.75, 3.05) is 0 Å². The second kappa shape index (κ2) is 7.75.